The van der Waals surface area contributed by atoms with Gasteiger partial charge in [-0.15, -0.1) is 0 Å². The summed E-state index contributed by atoms with van der Waals surface area (Å²) in [6.07, 6.45) is 1.42. The molecule has 0 aliphatic carbocycles. The number of piperazine rings is 1. The van der Waals surface area contributed by atoms with E-state index < -0.39 is 0 Å². The molecule has 5 rings (SSSR count). The van der Waals surface area contributed by atoms with Crippen molar-refractivity contribution in [3.63, 3.8) is 0 Å². The summed E-state index contributed by atoms with van der Waals surface area (Å²) in [6.45, 7) is 2.75. The molecule has 0 saturated carbocycles. The molecule has 1 saturated heterocycles. The molecule has 182 valence electrons. The minimum atomic E-state index is -0.368. The smallest absolute Gasteiger partial charge is 0.348 e. The monoisotopic (exact) mass is 480 g/mol. The van der Waals surface area contributed by atoms with E-state index in [2.05, 4.69) is 63.4 Å². The molecule has 36 heavy (non-hydrogen) atoms. The zero-order valence-electron chi connectivity index (χ0n) is 20.1. The van der Waals surface area contributed by atoms with Crippen LogP contribution in [0.4, 0.5) is 23.0 Å². The zero-order chi connectivity index (χ0) is 24.9. The van der Waals surface area contributed by atoms with Crippen LogP contribution in [-0.2, 0) is 0 Å². The zero-order valence-corrected chi connectivity index (χ0v) is 20.1. The summed E-state index contributed by atoms with van der Waals surface area (Å²) >= 11 is 0. The number of aromatic nitrogens is 2. The van der Waals surface area contributed by atoms with Crippen molar-refractivity contribution >= 4 is 23.0 Å². The van der Waals surface area contributed by atoms with E-state index in [-0.39, 0.29) is 22.5 Å². The van der Waals surface area contributed by atoms with E-state index in [0.29, 0.717) is 18.9 Å². The fourth-order valence-corrected chi connectivity index (χ4v) is 4.85. The normalized spacial score (nSPS) is 14.1. The van der Waals surface area contributed by atoms with Crippen LogP contribution in [0.5, 0.6) is 0 Å². The highest BCUT2D eigenvalue weighted by atomic mass is 16.6. The third-order valence-corrected chi connectivity index (χ3v) is 6.64. The summed E-state index contributed by atoms with van der Waals surface area (Å²) in [5.74, 6) is 0.647. The number of hydrogen-bond acceptors (Lipinski definition) is 7. The molecule has 8 nitrogen and oxygen atoms in total. The Kier molecular flexibility index (Phi) is 6.86. The maximum absolute atomic E-state index is 12.2. The Morgan fingerprint density at radius 3 is 1.86 bits per heavy atom. The van der Waals surface area contributed by atoms with Gasteiger partial charge in [0, 0.05) is 38.9 Å². The molecule has 3 aromatic carbocycles. The number of nitro groups is 1. The fourth-order valence-electron chi connectivity index (χ4n) is 4.85. The van der Waals surface area contributed by atoms with Crippen LogP contribution in [0.15, 0.2) is 97.3 Å². The van der Waals surface area contributed by atoms with Crippen molar-refractivity contribution in [3.05, 3.63) is 119 Å². The van der Waals surface area contributed by atoms with Crippen LogP contribution >= 0.6 is 0 Å². The van der Waals surface area contributed by atoms with Crippen molar-refractivity contribution in [2.45, 2.75) is 6.04 Å². The van der Waals surface area contributed by atoms with Gasteiger partial charge in [0.1, 0.15) is 6.33 Å². The summed E-state index contributed by atoms with van der Waals surface area (Å²) in [5.41, 5.74) is 3.22. The molecule has 0 amide bonds. The molecule has 1 aliphatic heterocycles. The molecule has 1 aliphatic rings. The Bertz CT molecular complexity index is 1260. The highest BCUT2D eigenvalue weighted by molar-refractivity contribution is 5.75. The largest absolute Gasteiger partial charge is 0.353 e. The molecular weight excluding hydrogens is 452 g/mol. The molecule has 0 radical (unpaired) electrons. The lowest BCUT2D eigenvalue weighted by atomic mass is 9.96. The lowest BCUT2D eigenvalue weighted by Crippen LogP contribution is -2.48. The van der Waals surface area contributed by atoms with Gasteiger partial charge in [-0.2, -0.15) is 0 Å². The predicted octanol–water partition coefficient (Wildman–Crippen LogP) is 5.06. The highest BCUT2D eigenvalue weighted by Crippen LogP contribution is 2.37. The highest BCUT2D eigenvalue weighted by Gasteiger charge is 2.33. The van der Waals surface area contributed by atoms with Gasteiger partial charge in [-0.1, -0.05) is 78.9 Å². The molecule has 0 N–H and O–H groups in total. The van der Waals surface area contributed by atoms with Gasteiger partial charge in [-0.3, -0.25) is 15.0 Å². The van der Waals surface area contributed by atoms with E-state index >= 15 is 0 Å². The van der Waals surface area contributed by atoms with E-state index in [0.717, 1.165) is 18.8 Å². The van der Waals surface area contributed by atoms with Crippen LogP contribution in [0.3, 0.4) is 0 Å². The molecule has 1 fully saturated rings. The first kappa shape index (κ1) is 23.4. The van der Waals surface area contributed by atoms with E-state index in [1.807, 2.05) is 47.4 Å². The van der Waals surface area contributed by atoms with Crippen molar-refractivity contribution < 1.29 is 4.92 Å². The number of para-hydroxylation sites is 1. The predicted molar refractivity (Wildman–Crippen MR) is 142 cm³/mol. The third kappa shape index (κ3) is 4.76. The number of rotatable bonds is 7. The van der Waals surface area contributed by atoms with Crippen LogP contribution in [-0.4, -0.2) is 53.0 Å². The average molecular weight is 481 g/mol. The second kappa shape index (κ2) is 10.5. The number of anilines is 3. The second-order valence-corrected chi connectivity index (χ2v) is 8.77. The van der Waals surface area contributed by atoms with Gasteiger partial charge in [0.05, 0.1) is 11.0 Å². The Morgan fingerprint density at radius 2 is 1.33 bits per heavy atom. The molecule has 0 unspecified atom stereocenters. The third-order valence-electron chi connectivity index (χ3n) is 6.64. The Labute approximate surface area is 210 Å². The summed E-state index contributed by atoms with van der Waals surface area (Å²) < 4.78 is 0. The molecule has 8 heteroatoms. The first-order valence-electron chi connectivity index (χ1n) is 12.0. The van der Waals surface area contributed by atoms with Crippen molar-refractivity contribution in [1.29, 1.82) is 0 Å². The van der Waals surface area contributed by atoms with Crippen molar-refractivity contribution in [2.75, 3.05) is 43.0 Å². The van der Waals surface area contributed by atoms with E-state index in [4.69, 9.17) is 0 Å². The van der Waals surface area contributed by atoms with Gasteiger partial charge in [0.15, 0.2) is 0 Å². The molecule has 0 atom stereocenters. The van der Waals surface area contributed by atoms with E-state index in [1.165, 1.54) is 17.5 Å². The van der Waals surface area contributed by atoms with Gasteiger partial charge < -0.3 is 9.80 Å². The Balaban J connectivity index is 1.41. The molecule has 2 heterocycles. The number of benzene rings is 3. The molecule has 0 spiro atoms. The van der Waals surface area contributed by atoms with Crippen LogP contribution in [0.25, 0.3) is 0 Å². The van der Waals surface area contributed by atoms with Crippen LogP contribution in [0.1, 0.15) is 17.2 Å². The molecule has 0 bridgehead atoms. The summed E-state index contributed by atoms with van der Waals surface area (Å²) in [5, 5.41) is 12.2. The number of hydrogen-bond donors (Lipinski definition) is 0. The quantitative estimate of drug-likeness (QED) is 0.270. The van der Waals surface area contributed by atoms with Crippen molar-refractivity contribution in [1.82, 2.24) is 14.9 Å². The Morgan fingerprint density at radius 1 is 0.806 bits per heavy atom. The fraction of sp³-hybridized carbons (Fsp3) is 0.214. The minimum Gasteiger partial charge on any atom is -0.348 e. The van der Waals surface area contributed by atoms with Crippen LogP contribution < -0.4 is 9.80 Å². The van der Waals surface area contributed by atoms with E-state index in [9.17, 15) is 10.1 Å². The van der Waals surface area contributed by atoms with E-state index in [1.54, 1.807) is 11.9 Å². The maximum Gasteiger partial charge on any atom is 0.353 e. The maximum atomic E-state index is 12.2. The summed E-state index contributed by atoms with van der Waals surface area (Å²) in [4.78, 5) is 26.7. The second-order valence-electron chi connectivity index (χ2n) is 8.77. The number of nitrogens with zero attached hydrogens (tertiary/aromatic N) is 6. The molecular formula is C28H28N6O2. The molecule has 4 aromatic rings. The average Bonchev–Trinajstić information content (AvgIpc) is 2.94. The van der Waals surface area contributed by atoms with Crippen molar-refractivity contribution in [3.8, 4) is 0 Å². The van der Waals surface area contributed by atoms with Crippen molar-refractivity contribution in [2.24, 2.45) is 0 Å². The van der Waals surface area contributed by atoms with Gasteiger partial charge in [-0.25, -0.2) is 9.97 Å². The standard InChI is InChI=1S/C28H28N6O2/c1-31(24-15-9-4-10-16-24)27-26(34(35)36)28(30-21-29-27)33-19-17-32(18-20-33)25(22-11-5-2-6-12-22)23-13-7-3-8-14-23/h2-16,21,25H,17-20H2,1H3. The van der Waals surface area contributed by atoms with Gasteiger partial charge in [0.2, 0.25) is 11.6 Å². The first-order valence-corrected chi connectivity index (χ1v) is 12.0. The first-order chi connectivity index (χ1) is 17.6. The van der Waals surface area contributed by atoms with Gasteiger partial charge >= 0.3 is 5.69 Å². The van der Waals surface area contributed by atoms with Gasteiger partial charge in [-0.05, 0) is 23.3 Å². The van der Waals surface area contributed by atoms with Crippen LogP contribution in [0.2, 0.25) is 0 Å². The lowest BCUT2D eigenvalue weighted by molar-refractivity contribution is -0.383. The summed E-state index contributed by atoms with van der Waals surface area (Å²) in [6, 6.07) is 30.6. The SMILES string of the molecule is CN(c1ccccc1)c1ncnc(N2CCN(C(c3ccccc3)c3ccccc3)CC2)c1[N+](=O)[O-]. The minimum absolute atomic E-state index is 0.0695. The van der Waals surface area contributed by atoms with Gasteiger partial charge in [0.25, 0.3) is 0 Å². The summed E-state index contributed by atoms with van der Waals surface area (Å²) in [7, 11) is 1.79. The lowest BCUT2D eigenvalue weighted by Gasteiger charge is -2.40. The topological polar surface area (TPSA) is 78.6 Å². The van der Waals surface area contributed by atoms with Crippen LogP contribution in [0, 0.1) is 10.1 Å². The molecule has 1 aromatic heterocycles. The Hall–Kier alpha value is -4.30.